The zero-order valence-corrected chi connectivity index (χ0v) is 8.09. The molecule has 0 bridgehead atoms. The van der Waals surface area contributed by atoms with E-state index < -0.39 is 0 Å². The van der Waals surface area contributed by atoms with E-state index in [0.29, 0.717) is 4.80 Å². The lowest BCUT2D eigenvalue weighted by molar-refractivity contribution is -0.116. The van der Waals surface area contributed by atoms with E-state index in [4.69, 9.17) is 0 Å². The topological polar surface area (TPSA) is 63.5 Å². The molecule has 0 aliphatic carbocycles. The van der Waals surface area contributed by atoms with Crippen molar-refractivity contribution >= 4 is 23.2 Å². The lowest BCUT2D eigenvalue weighted by Gasteiger charge is -2.00. The molecule has 0 saturated heterocycles. The van der Waals surface area contributed by atoms with E-state index in [2.05, 4.69) is 10.4 Å². The fourth-order valence-electron chi connectivity index (χ4n) is 0.742. The van der Waals surface area contributed by atoms with Crippen LogP contribution >= 0.6 is 11.3 Å². The molecule has 70 valence electrons. The number of amides is 2. The quantitative estimate of drug-likeness (QED) is 0.696. The van der Waals surface area contributed by atoms with Crippen molar-refractivity contribution in [2.45, 2.75) is 13.8 Å². The van der Waals surface area contributed by atoms with Crippen LogP contribution in [0.3, 0.4) is 0 Å². The predicted octanol–water partition coefficient (Wildman–Crippen LogP) is 0.0868. The molecule has 0 aromatic carbocycles. The molecular formula is C7H9N3O2S. The normalized spacial score (nSPS) is 11.4. The first-order valence-corrected chi connectivity index (χ1v) is 4.46. The molecule has 1 aromatic heterocycles. The molecule has 0 unspecified atom stereocenters. The number of nitrogens with one attached hydrogen (secondary N) is 1. The van der Waals surface area contributed by atoms with Crippen LogP contribution in [0.4, 0.5) is 0 Å². The van der Waals surface area contributed by atoms with Gasteiger partial charge < -0.3 is 0 Å². The molecular weight excluding hydrogens is 190 g/mol. The van der Waals surface area contributed by atoms with Crippen molar-refractivity contribution in [3.05, 3.63) is 16.4 Å². The number of thiazole rings is 1. The number of carbonyl (C=O) groups excluding carboxylic acids is 2. The van der Waals surface area contributed by atoms with E-state index in [-0.39, 0.29) is 11.8 Å². The lowest BCUT2D eigenvalue weighted by Crippen LogP contribution is -2.28. The third kappa shape index (κ3) is 2.83. The minimum absolute atomic E-state index is 0.205. The Kier molecular flexibility index (Phi) is 2.97. The summed E-state index contributed by atoms with van der Waals surface area (Å²) in [5, 5.41) is 1.73. The highest BCUT2D eigenvalue weighted by molar-refractivity contribution is 7.07. The van der Waals surface area contributed by atoms with Gasteiger partial charge in [0.1, 0.15) is 0 Å². The van der Waals surface area contributed by atoms with Crippen LogP contribution in [0, 0.1) is 0 Å². The van der Waals surface area contributed by atoms with E-state index >= 15 is 0 Å². The molecule has 13 heavy (non-hydrogen) atoms. The first-order chi connectivity index (χ1) is 6.09. The van der Waals surface area contributed by atoms with Gasteiger partial charge in [-0.05, 0) is 0 Å². The van der Waals surface area contributed by atoms with Gasteiger partial charge in [-0.25, -0.2) is 4.68 Å². The highest BCUT2D eigenvalue weighted by Gasteiger charge is 1.97. The lowest BCUT2D eigenvalue weighted by atomic mass is 10.7. The van der Waals surface area contributed by atoms with Gasteiger partial charge in [0.15, 0.2) is 0 Å². The second-order valence-corrected chi connectivity index (χ2v) is 3.23. The van der Waals surface area contributed by atoms with Crippen molar-refractivity contribution in [2.24, 2.45) is 4.99 Å². The summed E-state index contributed by atoms with van der Waals surface area (Å²) < 4.78 is 1.41. The van der Waals surface area contributed by atoms with Crippen LogP contribution in [0.1, 0.15) is 13.8 Å². The molecule has 0 saturated carbocycles. The zero-order chi connectivity index (χ0) is 9.84. The molecule has 5 nitrogen and oxygen atoms in total. The summed E-state index contributed by atoms with van der Waals surface area (Å²) in [6.07, 6.45) is 1.63. The van der Waals surface area contributed by atoms with Crippen LogP contribution < -0.4 is 10.2 Å². The van der Waals surface area contributed by atoms with E-state index in [1.54, 1.807) is 11.6 Å². The molecule has 0 aliphatic rings. The monoisotopic (exact) mass is 199 g/mol. The standard InChI is InChI=1S/C7H9N3O2S/c1-5(11)8-7-10(3-4-13-7)9-6(2)12/h3-4H,1-2H3,(H,9,12). The van der Waals surface area contributed by atoms with Crippen LogP contribution in [-0.2, 0) is 9.59 Å². The van der Waals surface area contributed by atoms with E-state index in [1.165, 1.54) is 29.9 Å². The van der Waals surface area contributed by atoms with E-state index in [9.17, 15) is 9.59 Å². The Labute approximate surface area is 78.7 Å². The van der Waals surface area contributed by atoms with Gasteiger partial charge in [-0.2, -0.15) is 4.99 Å². The van der Waals surface area contributed by atoms with E-state index in [1.807, 2.05) is 0 Å². The summed E-state index contributed by atoms with van der Waals surface area (Å²) in [4.78, 5) is 25.5. The maximum Gasteiger partial charge on any atom is 0.245 e. The molecule has 2 amide bonds. The van der Waals surface area contributed by atoms with E-state index in [0.717, 1.165) is 0 Å². The molecule has 0 atom stereocenters. The Morgan fingerprint density at radius 1 is 1.54 bits per heavy atom. The Hall–Kier alpha value is -1.43. The number of hydrogen-bond acceptors (Lipinski definition) is 3. The Morgan fingerprint density at radius 3 is 2.77 bits per heavy atom. The molecule has 0 aliphatic heterocycles. The summed E-state index contributed by atoms with van der Waals surface area (Å²) in [5.74, 6) is -0.495. The average molecular weight is 199 g/mol. The molecule has 0 fully saturated rings. The molecule has 1 rings (SSSR count). The van der Waals surface area contributed by atoms with Crippen molar-refractivity contribution < 1.29 is 9.59 Å². The Morgan fingerprint density at radius 2 is 2.23 bits per heavy atom. The fourth-order valence-corrected chi connectivity index (χ4v) is 1.45. The van der Waals surface area contributed by atoms with Crippen LogP contribution in [0.15, 0.2) is 16.6 Å². The van der Waals surface area contributed by atoms with Gasteiger partial charge in [0.2, 0.25) is 16.6 Å². The summed E-state index contributed by atoms with van der Waals surface area (Å²) >= 11 is 1.28. The van der Waals surface area contributed by atoms with Crippen molar-refractivity contribution in [3.8, 4) is 0 Å². The van der Waals surface area contributed by atoms with Crippen LogP contribution in [-0.4, -0.2) is 16.5 Å². The second kappa shape index (κ2) is 3.99. The third-order valence-electron chi connectivity index (χ3n) is 1.12. The fraction of sp³-hybridized carbons (Fsp3) is 0.286. The molecule has 0 spiro atoms. The maximum atomic E-state index is 10.7. The van der Waals surface area contributed by atoms with Gasteiger partial charge in [-0.15, -0.1) is 11.3 Å². The maximum absolute atomic E-state index is 10.7. The Balaban J connectivity index is 3.02. The number of rotatable bonds is 1. The van der Waals surface area contributed by atoms with Crippen molar-refractivity contribution in [1.29, 1.82) is 0 Å². The van der Waals surface area contributed by atoms with Crippen LogP contribution in [0.5, 0.6) is 0 Å². The molecule has 6 heteroatoms. The van der Waals surface area contributed by atoms with Crippen molar-refractivity contribution in [3.63, 3.8) is 0 Å². The largest absolute Gasteiger partial charge is 0.274 e. The van der Waals surface area contributed by atoms with Gasteiger partial charge in [0.05, 0.1) is 0 Å². The van der Waals surface area contributed by atoms with Gasteiger partial charge >= 0.3 is 0 Å². The minimum Gasteiger partial charge on any atom is -0.274 e. The first-order valence-electron chi connectivity index (χ1n) is 3.58. The molecule has 1 aromatic rings. The smallest absolute Gasteiger partial charge is 0.245 e. The second-order valence-electron chi connectivity index (χ2n) is 2.35. The number of aromatic nitrogens is 1. The summed E-state index contributed by atoms with van der Waals surface area (Å²) in [7, 11) is 0. The predicted molar refractivity (Wildman–Crippen MR) is 48.6 cm³/mol. The highest BCUT2D eigenvalue weighted by Crippen LogP contribution is 1.87. The van der Waals surface area contributed by atoms with Crippen LogP contribution in [0.2, 0.25) is 0 Å². The summed E-state index contributed by atoms with van der Waals surface area (Å²) in [6, 6.07) is 0. The van der Waals surface area contributed by atoms with Crippen molar-refractivity contribution in [2.75, 3.05) is 5.43 Å². The number of hydrogen-bond donors (Lipinski definition) is 1. The summed E-state index contributed by atoms with van der Waals surface area (Å²) in [5.41, 5.74) is 2.50. The number of nitrogens with zero attached hydrogens (tertiary/aromatic N) is 2. The van der Waals surface area contributed by atoms with Gasteiger partial charge in [0.25, 0.3) is 0 Å². The SMILES string of the molecule is CC(=O)N=c1sccn1NC(C)=O. The Bertz CT molecular complexity index is 390. The minimum atomic E-state index is -0.290. The number of carbonyl (C=O) groups is 2. The first kappa shape index (κ1) is 9.66. The molecule has 1 N–H and O–H groups in total. The van der Waals surface area contributed by atoms with Crippen LogP contribution in [0.25, 0.3) is 0 Å². The zero-order valence-electron chi connectivity index (χ0n) is 7.27. The van der Waals surface area contributed by atoms with Gasteiger partial charge in [-0.1, -0.05) is 0 Å². The van der Waals surface area contributed by atoms with Gasteiger partial charge in [0, 0.05) is 25.4 Å². The highest BCUT2D eigenvalue weighted by atomic mass is 32.1. The average Bonchev–Trinajstić information content (AvgIpc) is 2.34. The molecule has 1 heterocycles. The summed E-state index contributed by atoms with van der Waals surface area (Å²) in [6.45, 7) is 2.75. The van der Waals surface area contributed by atoms with Gasteiger partial charge in [-0.3, -0.25) is 15.0 Å². The molecule has 0 radical (unpaired) electrons. The van der Waals surface area contributed by atoms with Crippen molar-refractivity contribution in [1.82, 2.24) is 4.68 Å². The third-order valence-corrected chi connectivity index (χ3v) is 1.88.